The number of hydrogen-bond donors (Lipinski definition) is 2. The smallest absolute Gasteiger partial charge is 0.350 e. The fraction of sp³-hybridized carbons (Fsp3) is 0.545. The number of carbonyl (C=O) groups is 1. The van der Waals surface area contributed by atoms with Gasteiger partial charge in [-0.05, 0) is 12.7 Å². The molecule has 4 nitrogen and oxygen atoms in total. The molecule has 6 heteroatoms. The number of nitrogen functional groups attached to an aromatic ring is 1. The Kier molecular flexibility index (Phi) is 5.64. The Morgan fingerprint density at radius 3 is 2.82 bits per heavy atom. The maximum Gasteiger partial charge on any atom is 0.350 e. The van der Waals surface area contributed by atoms with Crippen molar-refractivity contribution in [3.05, 3.63) is 4.88 Å². The van der Waals surface area contributed by atoms with Crippen molar-refractivity contribution in [2.24, 2.45) is 0 Å². The van der Waals surface area contributed by atoms with Crippen molar-refractivity contribution in [3.8, 4) is 0 Å². The molecule has 0 unspecified atom stereocenters. The van der Waals surface area contributed by atoms with Crippen molar-refractivity contribution in [1.29, 1.82) is 0 Å². The van der Waals surface area contributed by atoms with Crippen LogP contribution in [0.15, 0.2) is 4.90 Å². The Hall–Kier alpha value is -0.880. The summed E-state index contributed by atoms with van der Waals surface area (Å²) in [4.78, 5) is 12.9. The second-order valence-corrected chi connectivity index (χ2v) is 5.32. The Labute approximate surface area is 110 Å². The molecule has 1 heterocycles. The predicted molar refractivity (Wildman–Crippen MR) is 75.2 cm³/mol. The first-order valence-corrected chi connectivity index (χ1v) is 7.48. The van der Waals surface area contributed by atoms with E-state index in [1.807, 2.05) is 6.26 Å². The SMILES string of the molecule is CCCCNc1sc(C(=O)OC)c(N)c1SC. The van der Waals surface area contributed by atoms with Crippen LogP contribution in [-0.2, 0) is 4.74 Å². The van der Waals surface area contributed by atoms with E-state index in [9.17, 15) is 4.79 Å². The van der Waals surface area contributed by atoms with E-state index in [0.29, 0.717) is 10.6 Å². The maximum atomic E-state index is 11.5. The van der Waals surface area contributed by atoms with E-state index in [0.717, 1.165) is 29.3 Å². The van der Waals surface area contributed by atoms with Crippen molar-refractivity contribution in [3.63, 3.8) is 0 Å². The largest absolute Gasteiger partial charge is 0.465 e. The van der Waals surface area contributed by atoms with Crippen LogP contribution in [0.25, 0.3) is 0 Å². The van der Waals surface area contributed by atoms with Crippen LogP contribution in [0.2, 0.25) is 0 Å². The van der Waals surface area contributed by atoms with Gasteiger partial charge in [0.05, 0.1) is 17.7 Å². The number of rotatable bonds is 6. The second-order valence-electron chi connectivity index (χ2n) is 3.48. The number of ether oxygens (including phenoxy) is 1. The van der Waals surface area contributed by atoms with Gasteiger partial charge in [0.15, 0.2) is 0 Å². The highest BCUT2D eigenvalue weighted by Crippen LogP contribution is 2.41. The second kappa shape index (κ2) is 6.76. The summed E-state index contributed by atoms with van der Waals surface area (Å²) < 4.78 is 4.71. The van der Waals surface area contributed by atoms with E-state index in [1.165, 1.54) is 18.4 Å². The van der Waals surface area contributed by atoms with Gasteiger partial charge in [-0.2, -0.15) is 0 Å². The van der Waals surface area contributed by atoms with Gasteiger partial charge in [0, 0.05) is 6.54 Å². The van der Waals surface area contributed by atoms with Crippen LogP contribution in [0.4, 0.5) is 10.7 Å². The molecule has 0 atom stereocenters. The van der Waals surface area contributed by atoms with Crippen LogP contribution in [-0.4, -0.2) is 25.9 Å². The Morgan fingerprint density at radius 2 is 2.29 bits per heavy atom. The minimum absolute atomic E-state index is 0.369. The van der Waals surface area contributed by atoms with Gasteiger partial charge in [-0.15, -0.1) is 23.1 Å². The number of thiophene rings is 1. The fourth-order valence-corrected chi connectivity index (χ4v) is 3.35. The lowest BCUT2D eigenvalue weighted by atomic mass is 10.3. The first-order chi connectivity index (χ1) is 8.15. The monoisotopic (exact) mass is 274 g/mol. The highest BCUT2D eigenvalue weighted by molar-refractivity contribution is 7.99. The van der Waals surface area contributed by atoms with E-state index in [1.54, 1.807) is 11.8 Å². The molecule has 0 aliphatic heterocycles. The highest BCUT2D eigenvalue weighted by Gasteiger charge is 2.20. The van der Waals surface area contributed by atoms with Gasteiger partial charge in [-0.3, -0.25) is 0 Å². The summed E-state index contributed by atoms with van der Waals surface area (Å²) in [5, 5.41) is 4.28. The molecule has 0 aliphatic carbocycles. The maximum absolute atomic E-state index is 11.5. The number of esters is 1. The number of anilines is 2. The third-order valence-corrected chi connectivity index (χ3v) is 4.40. The molecule has 96 valence electrons. The molecule has 1 aromatic rings. The van der Waals surface area contributed by atoms with E-state index in [4.69, 9.17) is 10.5 Å². The van der Waals surface area contributed by atoms with Gasteiger partial charge in [-0.1, -0.05) is 13.3 Å². The number of hydrogen-bond acceptors (Lipinski definition) is 6. The van der Waals surface area contributed by atoms with Crippen LogP contribution in [0.3, 0.4) is 0 Å². The molecule has 0 spiro atoms. The third-order valence-electron chi connectivity index (χ3n) is 2.29. The van der Waals surface area contributed by atoms with E-state index in [-0.39, 0.29) is 5.97 Å². The van der Waals surface area contributed by atoms with Gasteiger partial charge in [0.25, 0.3) is 0 Å². The molecule has 1 rings (SSSR count). The molecular weight excluding hydrogens is 256 g/mol. The average molecular weight is 274 g/mol. The predicted octanol–water partition coefficient (Wildman–Crippen LogP) is 3.05. The fourth-order valence-electron chi connectivity index (χ4n) is 1.37. The van der Waals surface area contributed by atoms with Crippen LogP contribution in [0.1, 0.15) is 29.4 Å². The first-order valence-electron chi connectivity index (χ1n) is 5.44. The number of nitrogens with one attached hydrogen (secondary N) is 1. The normalized spacial score (nSPS) is 10.3. The van der Waals surface area contributed by atoms with Crippen molar-refractivity contribution in [2.75, 3.05) is 31.0 Å². The minimum Gasteiger partial charge on any atom is -0.465 e. The highest BCUT2D eigenvalue weighted by atomic mass is 32.2. The van der Waals surface area contributed by atoms with Crippen molar-refractivity contribution >= 4 is 39.8 Å². The van der Waals surface area contributed by atoms with Gasteiger partial charge in [0.2, 0.25) is 0 Å². The lowest BCUT2D eigenvalue weighted by molar-refractivity contribution is 0.0607. The molecule has 1 aromatic heterocycles. The quantitative estimate of drug-likeness (QED) is 0.474. The Balaban J connectivity index is 2.92. The Morgan fingerprint density at radius 1 is 1.59 bits per heavy atom. The summed E-state index contributed by atoms with van der Waals surface area (Å²) in [5.41, 5.74) is 6.47. The van der Waals surface area contributed by atoms with Crippen molar-refractivity contribution < 1.29 is 9.53 Å². The van der Waals surface area contributed by atoms with Gasteiger partial charge in [-0.25, -0.2) is 4.79 Å². The van der Waals surface area contributed by atoms with Gasteiger partial charge < -0.3 is 15.8 Å². The molecule has 0 aromatic carbocycles. The number of carbonyl (C=O) groups excluding carboxylic acids is 1. The molecule has 0 saturated heterocycles. The molecule has 0 amide bonds. The van der Waals surface area contributed by atoms with Crippen LogP contribution < -0.4 is 11.1 Å². The zero-order valence-corrected chi connectivity index (χ0v) is 12.0. The molecule has 0 bridgehead atoms. The number of thioether (sulfide) groups is 1. The third kappa shape index (κ3) is 3.29. The zero-order valence-electron chi connectivity index (χ0n) is 10.3. The van der Waals surface area contributed by atoms with E-state index < -0.39 is 0 Å². The van der Waals surface area contributed by atoms with Crippen LogP contribution in [0.5, 0.6) is 0 Å². The first kappa shape index (κ1) is 14.2. The molecule has 17 heavy (non-hydrogen) atoms. The summed E-state index contributed by atoms with van der Waals surface area (Å²) in [7, 11) is 1.37. The van der Waals surface area contributed by atoms with Crippen molar-refractivity contribution in [2.45, 2.75) is 24.7 Å². The summed E-state index contributed by atoms with van der Waals surface area (Å²) in [5.74, 6) is -0.369. The van der Waals surface area contributed by atoms with Crippen LogP contribution >= 0.6 is 23.1 Å². The molecule has 0 fully saturated rings. The Bertz CT molecular complexity index is 391. The summed E-state index contributed by atoms with van der Waals surface area (Å²) in [6, 6.07) is 0. The van der Waals surface area contributed by atoms with Crippen molar-refractivity contribution in [1.82, 2.24) is 0 Å². The number of nitrogens with two attached hydrogens (primary N) is 1. The summed E-state index contributed by atoms with van der Waals surface area (Å²) in [6.45, 7) is 3.03. The summed E-state index contributed by atoms with van der Waals surface area (Å²) >= 11 is 2.91. The lowest BCUT2D eigenvalue weighted by Gasteiger charge is -2.04. The summed E-state index contributed by atoms with van der Waals surface area (Å²) in [6.07, 6.45) is 4.18. The van der Waals surface area contributed by atoms with Gasteiger partial charge >= 0.3 is 5.97 Å². The molecule has 0 saturated carbocycles. The van der Waals surface area contributed by atoms with Gasteiger partial charge in [0.1, 0.15) is 9.88 Å². The minimum atomic E-state index is -0.369. The topological polar surface area (TPSA) is 64.3 Å². The standard InChI is InChI=1S/C11H18N2O2S2/c1-4-5-6-13-10-8(16-3)7(12)9(17-10)11(14)15-2/h13H,4-6,12H2,1-3H3. The van der Waals surface area contributed by atoms with Crippen LogP contribution in [0, 0.1) is 0 Å². The number of methoxy groups -OCH3 is 1. The van der Waals surface area contributed by atoms with E-state index >= 15 is 0 Å². The average Bonchev–Trinajstić information content (AvgIpc) is 2.65. The molecular formula is C11H18N2O2S2. The molecule has 3 N–H and O–H groups in total. The molecule has 0 aliphatic rings. The van der Waals surface area contributed by atoms with E-state index in [2.05, 4.69) is 12.2 Å². The lowest BCUT2D eigenvalue weighted by Crippen LogP contribution is -2.01. The molecule has 0 radical (unpaired) electrons. The number of unbranched alkanes of at least 4 members (excludes halogenated alkanes) is 1. The zero-order chi connectivity index (χ0) is 12.8.